The Morgan fingerprint density at radius 2 is 2.00 bits per heavy atom. The van der Waals surface area contributed by atoms with Crippen LogP contribution < -0.4 is 0 Å². The maximum Gasteiger partial charge on any atom is 0.0774 e. The molecule has 1 aromatic rings. The van der Waals surface area contributed by atoms with Crippen molar-refractivity contribution in [2.24, 2.45) is 0 Å². The van der Waals surface area contributed by atoms with Crippen LogP contribution in [0.1, 0.15) is 16.7 Å². The third-order valence-corrected chi connectivity index (χ3v) is 2.82. The van der Waals surface area contributed by atoms with E-state index < -0.39 is 7.80 Å². The molecule has 1 atom stereocenters. The Morgan fingerprint density at radius 1 is 1.33 bits per heavy atom. The molecule has 0 radical (unpaired) electrons. The normalized spacial score (nSPS) is 12.9. The molecule has 1 nitrogen and oxygen atoms in total. The zero-order chi connectivity index (χ0) is 9.14. The molecule has 0 aliphatic heterocycles. The first-order valence-corrected chi connectivity index (χ1v) is 6.26. The summed E-state index contributed by atoms with van der Waals surface area (Å²) in [5.74, 6) is 0. The van der Waals surface area contributed by atoms with E-state index in [2.05, 4.69) is 32.0 Å². The van der Waals surface area contributed by atoms with E-state index in [0.717, 1.165) is 6.16 Å². The maximum absolute atomic E-state index is 11.0. The highest BCUT2D eigenvalue weighted by Gasteiger charge is 1.99. The van der Waals surface area contributed by atoms with E-state index in [1.54, 1.807) is 0 Å². The largest absolute Gasteiger partial charge is 0.327 e. The van der Waals surface area contributed by atoms with E-state index in [1.165, 1.54) is 16.7 Å². The van der Waals surface area contributed by atoms with Crippen LogP contribution in [0.3, 0.4) is 0 Å². The van der Waals surface area contributed by atoms with Crippen molar-refractivity contribution in [3.05, 3.63) is 34.9 Å². The van der Waals surface area contributed by atoms with Gasteiger partial charge >= 0.3 is 0 Å². The number of hydrogen-bond acceptors (Lipinski definition) is 1. The summed E-state index contributed by atoms with van der Waals surface area (Å²) in [7, 11) is -1.37. The van der Waals surface area contributed by atoms with Crippen LogP contribution in [0.4, 0.5) is 0 Å². The molecule has 0 bridgehead atoms. The highest BCUT2D eigenvalue weighted by Crippen LogP contribution is 2.24. The predicted molar refractivity (Wildman–Crippen MR) is 54.5 cm³/mol. The van der Waals surface area contributed by atoms with Crippen LogP contribution in [0.25, 0.3) is 0 Å². The van der Waals surface area contributed by atoms with E-state index in [9.17, 15) is 4.57 Å². The molecule has 2 heteroatoms. The molecule has 0 saturated carbocycles. The van der Waals surface area contributed by atoms with Gasteiger partial charge in [0.05, 0.1) is 7.80 Å². The van der Waals surface area contributed by atoms with Crippen molar-refractivity contribution >= 4 is 7.80 Å². The lowest BCUT2D eigenvalue weighted by molar-refractivity contribution is 0.590. The predicted octanol–water partition coefficient (Wildman–Crippen LogP) is 2.99. The van der Waals surface area contributed by atoms with Gasteiger partial charge in [-0.2, -0.15) is 0 Å². The first-order chi connectivity index (χ1) is 5.59. The SMILES string of the molecule is Cc1ccc(C[PH](C)=O)c(C)c1. The molecule has 0 aromatic heterocycles. The van der Waals surface area contributed by atoms with Crippen molar-refractivity contribution < 1.29 is 4.57 Å². The molecule has 12 heavy (non-hydrogen) atoms. The van der Waals surface area contributed by atoms with E-state index in [4.69, 9.17) is 0 Å². The Morgan fingerprint density at radius 3 is 2.50 bits per heavy atom. The Hall–Kier alpha value is -0.550. The molecule has 1 unspecified atom stereocenters. The fraction of sp³-hybridized carbons (Fsp3) is 0.400. The van der Waals surface area contributed by atoms with E-state index in [0.29, 0.717) is 0 Å². The van der Waals surface area contributed by atoms with Crippen LogP contribution in [-0.2, 0) is 10.7 Å². The van der Waals surface area contributed by atoms with Crippen molar-refractivity contribution in [3.63, 3.8) is 0 Å². The second kappa shape index (κ2) is 3.91. The van der Waals surface area contributed by atoms with Crippen LogP contribution in [0.15, 0.2) is 18.2 Å². The lowest BCUT2D eigenvalue weighted by atomic mass is 10.1. The van der Waals surface area contributed by atoms with Gasteiger partial charge in [-0.15, -0.1) is 0 Å². The fourth-order valence-electron chi connectivity index (χ4n) is 1.31. The van der Waals surface area contributed by atoms with Gasteiger partial charge < -0.3 is 4.57 Å². The number of rotatable bonds is 2. The smallest absolute Gasteiger partial charge is 0.0774 e. The highest BCUT2D eigenvalue weighted by molar-refractivity contribution is 7.42. The van der Waals surface area contributed by atoms with Crippen LogP contribution >= 0.6 is 7.80 Å². The summed E-state index contributed by atoms with van der Waals surface area (Å²) in [4.78, 5) is 0. The average Bonchev–Trinajstić information content (AvgIpc) is 1.94. The minimum absolute atomic E-state index is 0.747. The van der Waals surface area contributed by atoms with Crippen LogP contribution in [0, 0.1) is 13.8 Å². The summed E-state index contributed by atoms with van der Waals surface area (Å²) in [6.07, 6.45) is 0.747. The Balaban J connectivity index is 2.93. The average molecular weight is 182 g/mol. The maximum atomic E-state index is 11.0. The molecule has 0 aliphatic rings. The van der Waals surface area contributed by atoms with Crippen LogP contribution in [-0.4, -0.2) is 6.66 Å². The summed E-state index contributed by atoms with van der Waals surface area (Å²) >= 11 is 0. The monoisotopic (exact) mass is 182 g/mol. The van der Waals surface area contributed by atoms with Crippen LogP contribution in [0.2, 0.25) is 0 Å². The standard InChI is InChI=1S/C10H15OP/c1-8-4-5-10(7-12(3)11)9(2)6-8/h4-6,12H,7H2,1-3H3. The van der Waals surface area contributed by atoms with Gasteiger partial charge in [0.2, 0.25) is 0 Å². The molecule has 0 N–H and O–H groups in total. The second-order valence-electron chi connectivity index (χ2n) is 3.31. The minimum Gasteiger partial charge on any atom is -0.327 e. The molecule has 0 heterocycles. The van der Waals surface area contributed by atoms with Gasteiger partial charge in [-0.1, -0.05) is 23.8 Å². The molecule has 0 amide bonds. The molecule has 0 fully saturated rings. The van der Waals surface area contributed by atoms with Gasteiger partial charge in [-0.3, -0.25) is 0 Å². The first-order valence-electron chi connectivity index (χ1n) is 4.15. The van der Waals surface area contributed by atoms with E-state index >= 15 is 0 Å². The van der Waals surface area contributed by atoms with Gasteiger partial charge in [0, 0.05) is 6.16 Å². The summed E-state index contributed by atoms with van der Waals surface area (Å²) in [6.45, 7) is 5.96. The molecule has 0 spiro atoms. The van der Waals surface area contributed by atoms with Gasteiger partial charge in [-0.05, 0) is 31.6 Å². The van der Waals surface area contributed by atoms with Gasteiger partial charge in [0.15, 0.2) is 0 Å². The lowest BCUT2D eigenvalue weighted by Crippen LogP contribution is -1.86. The van der Waals surface area contributed by atoms with Crippen molar-refractivity contribution in [1.29, 1.82) is 0 Å². The van der Waals surface area contributed by atoms with Gasteiger partial charge in [0.1, 0.15) is 0 Å². The third kappa shape index (κ3) is 2.49. The van der Waals surface area contributed by atoms with Gasteiger partial charge in [-0.25, -0.2) is 0 Å². The van der Waals surface area contributed by atoms with E-state index in [-0.39, 0.29) is 0 Å². The molecule has 1 rings (SSSR count). The number of aryl methyl sites for hydroxylation is 2. The summed E-state index contributed by atoms with van der Waals surface area (Å²) in [5, 5.41) is 0. The highest BCUT2D eigenvalue weighted by atomic mass is 31.1. The molecular formula is C10H15OP. The Bertz CT molecular complexity index is 305. The molecular weight excluding hydrogens is 167 g/mol. The topological polar surface area (TPSA) is 17.1 Å². The zero-order valence-corrected chi connectivity index (χ0v) is 8.85. The summed E-state index contributed by atoms with van der Waals surface area (Å²) in [5.41, 5.74) is 3.76. The quantitative estimate of drug-likeness (QED) is 0.642. The summed E-state index contributed by atoms with van der Waals surface area (Å²) < 4.78 is 11.0. The molecule has 0 saturated heterocycles. The zero-order valence-electron chi connectivity index (χ0n) is 7.85. The molecule has 0 aliphatic carbocycles. The Kier molecular flexibility index (Phi) is 3.11. The lowest BCUT2D eigenvalue weighted by Gasteiger charge is -2.04. The van der Waals surface area contributed by atoms with Crippen molar-refractivity contribution in [1.82, 2.24) is 0 Å². The molecule has 66 valence electrons. The minimum atomic E-state index is -1.37. The fourth-order valence-corrected chi connectivity index (χ4v) is 2.25. The molecule has 1 aromatic carbocycles. The van der Waals surface area contributed by atoms with Gasteiger partial charge in [0.25, 0.3) is 0 Å². The Labute approximate surface area is 74.6 Å². The number of hydrogen-bond donors (Lipinski definition) is 0. The van der Waals surface area contributed by atoms with Crippen molar-refractivity contribution in [2.45, 2.75) is 20.0 Å². The van der Waals surface area contributed by atoms with E-state index in [1.807, 2.05) is 6.66 Å². The van der Waals surface area contributed by atoms with Crippen LogP contribution in [0.5, 0.6) is 0 Å². The second-order valence-corrected chi connectivity index (χ2v) is 5.07. The number of benzene rings is 1. The van der Waals surface area contributed by atoms with Crippen molar-refractivity contribution in [3.8, 4) is 0 Å². The third-order valence-electron chi connectivity index (χ3n) is 1.94. The van der Waals surface area contributed by atoms with Crippen molar-refractivity contribution in [2.75, 3.05) is 6.66 Å². The first kappa shape index (κ1) is 9.54. The summed E-state index contributed by atoms with van der Waals surface area (Å²) in [6, 6.07) is 6.30.